The Labute approximate surface area is 77.0 Å². The molecule has 0 saturated carbocycles. The number of ether oxygens (including phenoxy) is 1. The highest BCUT2D eigenvalue weighted by atomic mass is 19.1. The van der Waals surface area contributed by atoms with Gasteiger partial charge in [-0.3, -0.25) is 4.39 Å². The second-order valence-corrected chi connectivity index (χ2v) is 2.69. The topological polar surface area (TPSA) is 29.5 Å². The summed E-state index contributed by atoms with van der Waals surface area (Å²) in [6, 6.07) is 7.10. The second kappa shape index (κ2) is 5.54. The van der Waals surface area contributed by atoms with Gasteiger partial charge in [-0.1, -0.05) is 12.1 Å². The average Bonchev–Trinajstić information content (AvgIpc) is 2.19. The number of benzene rings is 1. The Morgan fingerprint density at radius 1 is 1.23 bits per heavy atom. The third kappa shape index (κ3) is 3.42. The minimum absolute atomic E-state index is 0.0325. The van der Waals surface area contributed by atoms with Crippen LogP contribution in [0.3, 0.4) is 0 Å². The normalized spacial score (nSPS) is 10.0. The first-order valence-corrected chi connectivity index (χ1v) is 4.25. The molecule has 0 aliphatic rings. The third-order valence-electron chi connectivity index (χ3n) is 1.65. The van der Waals surface area contributed by atoms with E-state index in [2.05, 4.69) is 0 Å². The highest BCUT2D eigenvalue weighted by Crippen LogP contribution is 2.12. The van der Waals surface area contributed by atoms with Crippen molar-refractivity contribution in [1.29, 1.82) is 0 Å². The van der Waals surface area contributed by atoms with Gasteiger partial charge in [0.25, 0.3) is 0 Å². The number of aliphatic hydroxyl groups is 1. The van der Waals surface area contributed by atoms with Crippen molar-refractivity contribution in [2.75, 3.05) is 13.3 Å². The molecule has 0 unspecified atom stereocenters. The molecule has 0 heterocycles. The molecule has 0 aliphatic carbocycles. The fourth-order valence-electron chi connectivity index (χ4n) is 0.936. The molecule has 1 N–H and O–H groups in total. The van der Waals surface area contributed by atoms with Crippen molar-refractivity contribution in [1.82, 2.24) is 0 Å². The monoisotopic (exact) mass is 184 g/mol. The van der Waals surface area contributed by atoms with Gasteiger partial charge in [-0.2, -0.15) is 0 Å². The first kappa shape index (κ1) is 9.99. The Balaban J connectivity index is 2.40. The summed E-state index contributed by atoms with van der Waals surface area (Å²) in [6.07, 6.45) is 0.418. The maximum Gasteiger partial charge on any atom is 0.119 e. The number of aliphatic hydroxyl groups excluding tert-OH is 1. The van der Waals surface area contributed by atoms with E-state index < -0.39 is 0 Å². The standard InChI is InChI=1S/C10H13FO2/c11-6-1-7-13-10-4-2-9(8-12)3-5-10/h2-5,12H,1,6-8H2. The molecule has 1 aromatic rings. The first-order valence-electron chi connectivity index (χ1n) is 4.25. The van der Waals surface area contributed by atoms with E-state index in [0.717, 1.165) is 5.56 Å². The van der Waals surface area contributed by atoms with E-state index in [4.69, 9.17) is 9.84 Å². The van der Waals surface area contributed by atoms with Crippen molar-refractivity contribution in [3.05, 3.63) is 29.8 Å². The number of alkyl halides is 1. The third-order valence-corrected chi connectivity index (χ3v) is 1.65. The van der Waals surface area contributed by atoms with E-state index in [9.17, 15) is 4.39 Å². The summed E-state index contributed by atoms with van der Waals surface area (Å²) in [7, 11) is 0. The maximum absolute atomic E-state index is 11.7. The average molecular weight is 184 g/mol. The molecule has 0 amide bonds. The SMILES string of the molecule is OCc1ccc(OCCCF)cc1. The van der Waals surface area contributed by atoms with Crippen LogP contribution in [0.15, 0.2) is 24.3 Å². The minimum atomic E-state index is -0.352. The Morgan fingerprint density at radius 2 is 1.92 bits per heavy atom. The number of halogens is 1. The molecule has 13 heavy (non-hydrogen) atoms. The number of hydrogen-bond donors (Lipinski definition) is 1. The quantitative estimate of drug-likeness (QED) is 0.708. The fourth-order valence-corrected chi connectivity index (χ4v) is 0.936. The van der Waals surface area contributed by atoms with Gasteiger partial charge >= 0.3 is 0 Å². The van der Waals surface area contributed by atoms with Gasteiger partial charge in [-0.25, -0.2) is 0 Å². The van der Waals surface area contributed by atoms with E-state index >= 15 is 0 Å². The largest absolute Gasteiger partial charge is 0.494 e. The molecule has 72 valence electrons. The molecule has 0 bridgehead atoms. The highest BCUT2D eigenvalue weighted by Gasteiger charge is 1.93. The van der Waals surface area contributed by atoms with Gasteiger partial charge in [0.1, 0.15) is 5.75 Å². The summed E-state index contributed by atoms with van der Waals surface area (Å²) in [5.74, 6) is 0.714. The van der Waals surface area contributed by atoms with Gasteiger partial charge in [-0.15, -0.1) is 0 Å². The van der Waals surface area contributed by atoms with E-state index in [1.807, 2.05) is 0 Å². The predicted molar refractivity (Wildman–Crippen MR) is 48.5 cm³/mol. The minimum Gasteiger partial charge on any atom is -0.494 e. The van der Waals surface area contributed by atoms with E-state index in [1.165, 1.54) is 0 Å². The number of rotatable bonds is 5. The molecule has 0 spiro atoms. The van der Waals surface area contributed by atoms with Gasteiger partial charge in [0.15, 0.2) is 0 Å². The molecule has 0 atom stereocenters. The Hall–Kier alpha value is -1.09. The van der Waals surface area contributed by atoms with Crippen LogP contribution in [0, 0.1) is 0 Å². The summed E-state index contributed by atoms with van der Waals surface area (Å²) >= 11 is 0. The Kier molecular flexibility index (Phi) is 4.26. The summed E-state index contributed by atoms with van der Waals surface area (Å²) < 4.78 is 16.9. The van der Waals surface area contributed by atoms with Crippen LogP contribution in [0.1, 0.15) is 12.0 Å². The van der Waals surface area contributed by atoms with E-state index in [0.29, 0.717) is 18.8 Å². The van der Waals surface area contributed by atoms with Crippen LogP contribution in [-0.4, -0.2) is 18.4 Å². The van der Waals surface area contributed by atoms with Crippen LogP contribution in [-0.2, 0) is 6.61 Å². The van der Waals surface area contributed by atoms with E-state index in [1.54, 1.807) is 24.3 Å². The van der Waals surface area contributed by atoms with Gasteiger partial charge in [0, 0.05) is 6.42 Å². The van der Waals surface area contributed by atoms with Gasteiger partial charge in [0.05, 0.1) is 19.9 Å². The first-order chi connectivity index (χ1) is 6.36. The molecular weight excluding hydrogens is 171 g/mol. The zero-order chi connectivity index (χ0) is 9.52. The van der Waals surface area contributed by atoms with Crippen molar-refractivity contribution in [2.45, 2.75) is 13.0 Å². The second-order valence-electron chi connectivity index (χ2n) is 2.69. The van der Waals surface area contributed by atoms with Gasteiger partial charge in [-0.05, 0) is 17.7 Å². The van der Waals surface area contributed by atoms with Crippen LogP contribution in [0.2, 0.25) is 0 Å². The molecule has 0 aromatic heterocycles. The van der Waals surface area contributed by atoms with Gasteiger partial charge in [0.2, 0.25) is 0 Å². The Morgan fingerprint density at radius 3 is 2.46 bits per heavy atom. The lowest BCUT2D eigenvalue weighted by Gasteiger charge is -2.04. The smallest absolute Gasteiger partial charge is 0.119 e. The van der Waals surface area contributed by atoms with Crippen LogP contribution in [0.4, 0.5) is 4.39 Å². The predicted octanol–water partition coefficient (Wildman–Crippen LogP) is 1.92. The summed E-state index contributed by atoms with van der Waals surface area (Å²) in [4.78, 5) is 0. The molecule has 0 fully saturated rings. The summed E-state index contributed by atoms with van der Waals surface area (Å²) in [6.45, 7) is 0.0778. The Bertz CT molecular complexity index is 233. The summed E-state index contributed by atoms with van der Waals surface area (Å²) in [5.41, 5.74) is 0.845. The van der Waals surface area contributed by atoms with Crippen LogP contribution < -0.4 is 4.74 Å². The lowest BCUT2D eigenvalue weighted by Crippen LogP contribution is -1.97. The molecule has 0 saturated heterocycles. The van der Waals surface area contributed by atoms with Crippen LogP contribution in [0.5, 0.6) is 5.75 Å². The molecule has 1 rings (SSSR count). The molecule has 2 nitrogen and oxygen atoms in total. The van der Waals surface area contributed by atoms with Crippen LogP contribution >= 0.6 is 0 Å². The van der Waals surface area contributed by atoms with Crippen molar-refractivity contribution in [3.63, 3.8) is 0 Å². The van der Waals surface area contributed by atoms with Crippen molar-refractivity contribution in [2.24, 2.45) is 0 Å². The van der Waals surface area contributed by atoms with Crippen molar-refractivity contribution in [3.8, 4) is 5.75 Å². The fraction of sp³-hybridized carbons (Fsp3) is 0.400. The maximum atomic E-state index is 11.7. The lowest BCUT2D eigenvalue weighted by atomic mass is 10.2. The molecule has 1 aromatic carbocycles. The molecule has 3 heteroatoms. The van der Waals surface area contributed by atoms with Crippen LogP contribution in [0.25, 0.3) is 0 Å². The van der Waals surface area contributed by atoms with Crippen molar-refractivity contribution < 1.29 is 14.2 Å². The molecular formula is C10H13FO2. The summed E-state index contributed by atoms with van der Waals surface area (Å²) in [5, 5.41) is 8.75. The number of hydrogen-bond acceptors (Lipinski definition) is 2. The highest BCUT2D eigenvalue weighted by molar-refractivity contribution is 5.26. The van der Waals surface area contributed by atoms with Gasteiger partial charge < -0.3 is 9.84 Å². The van der Waals surface area contributed by atoms with E-state index in [-0.39, 0.29) is 13.3 Å². The molecule has 0 radical (unpaired) electrons. The zero-order valence-corrected chi connectivity index (χ0v) is 7.37. The van der Waals surface area contributed by atoms with Crippen molar-refractivity contribution >= 4 is 0 Å². The molecule has 0 aliphatic heterocycles. The zero-order valence-electron chi connectivity index (χ0n) is 7.37. The lowest BCUT2D eigenvalue weighted by molar-refractivity contribution is 0.279.